The van der Waals surface area contributed by atoms with Crippen molar-refractivity contribution >= 4 is 16.1 Å². The Morgan fingerprint density at radius 1 is 1.11 bits per heavy atom. The highest BCUT2D eigenvalue weighted by Crippen LogP contribution is 2.26. The Kier molecular flexibility index (Phi) is 7.42. The zero-order valence-electron chi connectivity index (χ0n) is 16.7. The number of esters is 1. The Morgan fingerprint density at radius 2 is 1.70 bits per heavy atom. The summed E-state index contributed by atoms with van der Waals surface area (Å²) in [6.07, 6.45) is 3.52. The Bertz CT molecular complexity index is 714. The van der Waals surface area contributed by atoms with Gasteiger partial charge in [0, 0.05) is 6.04 Å². The van der Waals surface area contributed by atoms with Gasteiger partial charge in [-0.15, -0.1) is 0 Å². The summed E-state index contributed by atoms with van der Waals surface area (Å²) in [5.41, 5.74) is 0.530. The molecule has 7 heteroatoms. The van der Waals surface area contributed by atoms with Gasteiger partial charge in [-0.3, -0.25) is 8.98 Å². The molecule has 1 aromatic rings. The van der Waals surface area contributed by atoms with E-state index in [0.29, 0.717) is 0 Å². The summed E-state index contributed by atoms with van der Waals surface area (Å²) in [6, 6.07) is 6.92. The average molecular weight is 398 g/mol. The maximum Gasteiger partial charge on any atom is 0.320 e. The summed E-state index contributed by atoms with van der Waals surface area (Å²) in [6.45, 7) is 7.86. The maximum atomic E-state index is 12.3. The van der Waals surface area contributed by atoms with Gasteiger partial charge in [0.25, 0.3) is 10.1 Å². The van der Waals surface area contributed by atoms with Crippen LogP contribution in [0.5, 0.6) is 0 Å². The van der Waals surface area contributed by atoms with Crippen molar-refractivity contribution in [3.63, 3.8) is 0 Å². The SMILES string of the molecule is Cc1ccc(S(=O)(=O)OCC2CCC(NCC(=O)OC(C)(C)C)CC2)cc1. The topological polar surface area (TPSA) is 81.7 Å². The number of hydrogen-bond acceptors (Lipinski definition) is 6. The first-order valence-corrected chi connectivity index (χ1v) is 10.9. The average Bonchev–Trinajstić information content (AvgIpc) is 2.58. The summed E-state index contributed by atoms with van der Waals surface area (Å²) in [5, 5.41) is 3.23. The molecule has 0 aromatic heterocycles. The van der Waals surface area contributed by atoms with Crippen molar-refractivity contribution in [3.8, 4) is 0 Å². The van der Waals surface area contributed by atoms with E-state index in [2.05, 4.69) is 5.32 Å². The molecule has 0 bridgehead atoms. The molecule has 0 heterocycles. The number of benzene rings is 1. The van der Waals surface area contributed by atoms with Crippen molar-refractivity contribution < 1.29 is 22.1 Å². The quantitative estimate of drug-likeness (QED) is 0.562. The van der Waals surface area contributed by atoms with Crippen LogP contribution in [0.15, 0.2) is 29.2 Å². The fraction of sp³-hybridized carbons (Fsp3) is 0.650. The molecule has 152 valence electrons. The molecule has 1 saturated carbocycles. The minimum Gasteiger partial charge on any atom is -0.459 e. The van der Waals surface area contributed by atoms with Gasteiger partial charge in [-0.25, -0.2) is 0 Å². The van der Waals surface area contributed by atoms with Crippen LogP contribution in [-0.2, 0) is 23.8 Å². The summed E-state index contributed by atoms with van der Waals surface area (Å²) >= 11 is 0. The van der Waals surface area contributed by atoms with Crippen LogP contribution in [-0.4, -0.2) is 39.2 Å². The lowest BCUT2D eigenvalue weighted by molar-refractivity contribution is -0.153. The molecule has 0 amide bonds. The Morgan fingerprint density at radius 3 is 2.26 bits per heavy atom. The Hall–Kier alpha value is -1.44. The second-order valence-electron chi connectivity index (χ2n) is 8.24. The maximum absolute atomic E-state index is 12.3. The van der Waals surface area contributed by atoms with Crippen LogP contribution >= 0.6 is 0 Å². The van der Waals surface area contributed by atoms with Crippen molar-refractivity contribution in [1.29, 1.82) is 0 Å². The van der Waals surface area contributed by atoms with Crippen LogP contribution in [0.2, 0.25) is 0 Å². The lowest BCUT2D eigenvalue weighted by Gasteiger charge is -2.29. The van der Waals surface area contributed by atoms with Crippen LogP contribution in [0, 0.1) is 12.8 Å². The highest BCUT2D eigenvalue weighted by molar-refractivity contribution is 7.86. The number of hydrogen-bond donors (Lipinski definition) is 1. The largest absolute Gasteiger partial charge is 0.459 e. The minimum absolute atomic E-state index is 0.195. The van der Waals surface area contributed by atoms with E-state index in [1.807, 2.05) is 27.7 Å². The minimum atomic E-state index is -3.71. The molecule has 1 aliphatic rings. The van der Waals surface area contributed by atoms with Crippen molar-refractivity contribution in [1.82, 2.24) is 5.32 Å². The van der Waals surface area contributed by atoms with Gasteiger partial charge in [0.2, 0.25) is 0 Å². The van der Waals surface area contributed by atoms with Gasteiger partial charge < -0.3 is 10.1 Å². The fourth-order valence-corrected chi connectivity index (χ4v) is 4.07. The van der Waals surface area contributed by atoms with E-state index in [-0.39, 0.29) is 36.0 Å². The van der Waals surface area contributed by atoms with E-state index in [9.17, 15) is 13.2 Å². The first kappa shape index (κ1) is 21.9. The van der Waals surface area contributed by atoms with Crippen molar-refractivity contribution in [2.24, 2.45) is 5.92 Å². The molecule has 0 spiro atoms. The number of rotatable bonds is 7. The molecule has 0 atom stereocenters. The summed E-state index contributed by atoms with van der Waals surface area (Å²) < 4.78 is 35.1. The van der Waals surface area contributed by atoms with Crippen LogP contribution in [0.3, 0.4) is 0 Å². The zero-order valence-corrected chi connectivity index (χ0v) is 17.5. The van der Waals surface area contributed by atoms with Crippen LogP contribution in [0.4, 0.5) is 0 Å². The number of carbonyl (C=O) groups excluding carboxylic acids is 1. The van der Waals surface area contributed by atoms with E-state index < -0.39 is 15.7 Å². The normalized spacial score (nSPS) is 21.0. The molecule has 0 aliphatic heterocycles. The Labute approximate surface area is 162 Å². The van der Waals surface area contributed by atoms with Crippen molar-refractivity contribution in [2.75, 3.05) is 13.2 Å². The second kappa shape index (κ2) is 9.17. The van der Waals surface area contributed by atoms with Gasteiger partial charge in [-0.05, 0) is 71.4 Å². The third-order valence-corrected chi connectivity index (χ3v) is 5.87. The molecule has 1 N–H and O–H groups in total. The predicted octanol–water partition coefficient (Wildman–Crippen LogP) is 3.19. The van der Waals surface area contributed by atoms with Gasteiger partial charge >= 0.3 is 5.97 Å². The summed E-state index contributed by atoms with van der Waals surface area (Å²) in [5.74, 6) is -0.0399. The lowest BCUT2D eigenvalue weighted by Crippen LogP contribution is -2.39. The molecule has 1 aliphatic carbocycles. The summed E-state index contributed by atoms with van der Waals surface area (Å²) in [7, 11) is -3.71. The van der Waals surface area contributed by atoms with Gasteiger partial charge in [0.05, 0.1) is 18.0 Å². The number of nitrogens with one attached hydrogen (secondary N) is 1. The molecule has 2 rings (SSSR count). The molecule has 0 radical (unpaired) electrons. The van der Waals surface area contributed by atoms with E-state index in [1.165, 1.54) is 0 Å². The van der Waals surface area contributed by atoms with Crippen LogP contribution < -0.4 is 5.32 Å². The fourth-order valence-electron chi connectivity index (χ4n) is 3.10. The van der Waals surface area contributed by atoms with E-state index in [4.69, 9.17) is 8.92 Å². The van der Waals surface area contributed by atoms with Crippen molar-refractivity contribution in [2.45, 2.75) is 69.9 Å². The standard InChI is InChI=1S/C20H31NO5S/c1-15-5-11-18(12-6-15)27(23,24)25-14-16-7-9-17(10-8-16)21-13-19(22)26-20(2,3)4/h5-6,11-12,16-17,21H,7-10,13-14H2,1-4H3. The molecular formula is C20H31NO5S. The highest BCUT2D eigenvalue weighted by atomic mass is 32.2. The molecule has 27 heavy (non-hydrogen) atoms. The monoisotopic (exact) mass is 397 g/mol. The number of ether oxygens (including phenoxy) is 1. The van der Waals surface area contributed by atoms with Crippen LogP contribution in [0.1, 0.15) is 52.0 Å². The first-order valence-electron chi connectivity index (χ1n) is 9.46. The smallest absolute Gasteiger partial charge is 0.320 e. The van der Waals surface area contributed by atoms with Gasteiger partial charge in [-0.1, -0.05) is 17.7 Å². The zero-order chi connectivity index (χ0) is 20.1. The molecule has 0 unspecified atom stereocenters. The third kappa shape index (κ3) is 7.60. The predicted molar refractivity (Wildman–Crippen MR) is 104 cm³/mol. The first-order chi connectivity index (χ1) is 12.5. The van der Waals surface area contributed by atoms with E-state index >= 15 is 0 Å². The molecular weight excluding hydrogens is 366 g/mol. The highest BCUT2D eigenvalue weighted by Gasteiger charge is 2.25. The molecule has 0 saturated heterocycles. The second-order valence-corrected chi connectivity index (χ2v) is 9.85. The lowest BCUT2D eigenvalue weighted by atomic mass is 9.86. The number of aryl methyl sites for hydroxylation is 1. The number of carbonyl (C=O) groups is 1. The summed E-state index contributed by atoms with van der Waals surface area (Å²) in [4.78, 5) is 12.0. The third-order valence-electron chi connectivity index (χ3n) is 4.57. The van der Waals surface area contributed by atoms with Gasteiger partial charge in [0.1, 0.15) is 5.60 Å². The molecule has 6 nitrogen and oxygen atoms in total. The molecule has 1 aromatic carbocycles. The molecule has 1 fully saturated rings. The van der Waals surface area contributed by atoms with E-state index in [1.54, 1.807) is 24.3 Å². The van der Waals surface area contributed by atoms with Crippen molar-refractivity contribution in [3.05, 3.63) is 29.8 Å². The van der Waals surface area contributed by atoms with Crippen LogP contribution in [0.25, 0.3) is 0 Å². The van der Waals surface area contributed by atoms with Gasteiger partial charge in [-0.2, -0.15) is 8.42 Å². The van der Waals surface area contributed by atoms with Gasteiger partial charge in [0.15, 0.2) is 0 Å². The van der Waals surface area contributed by atoms with E-state index in [0.717, 1.165) is 31.2 Å². The Balaban J connectivity index is 1.71.